The molecule has 20 heavy (non-hydrogen) atoms. The van der Waals surface area contributed by atoms with Gasteiger partial charge < -0.3 is 14.7 Å². The van der Waals surface area contributed by atoms with E-state index in [2.05, 4.69) is 25.7 Å². The van der Waals surface area contributed by atoms with Gasteiger partial charge in [-0.3, -0.25) is 0 Å². The standard InChI is InChI=1S/C17H33NO2/c1-4-11-20-15-8-6-10-18(13-15)12-14-7-5-9-17(2,3)16(14)19/h14-16,19H,4-13H2,1-3H3. The Labute approximate surface area is 124 Å². The van der Waals surface area contributed by atoms with Gasteiger partial charge in [-0.25, -0.2) is 0 Å². The lowest BCUT2D eigenvalue weighted by molar-refractivity contribution is -0.0565. The molecule has 1 N–H and O–H groups in total. The molecular weight excluding hydrogens is 250 g/mol. The highest BCUT2D eigenvalue weighted by molar-refractivity contribution is 4.90. The molecule has 0 aromatic heterocycles. The second kappa shape index (κ2) is 7.24. The molecule has 1 aliphatic heterocycles. The zero-order valence-corrected chi connectivity index (χ0v) is 13.6. The third-order valence-corrected chi connectivity index (χ3v) is 5.16. The van der Waals surface area contributed by atoms with E-state index in [9.17, 15) is 5.11 Å². The predicted octanol–water partition coefficient (Wildman–Crippen LogP) is 3.06. The van der Waals surface area contributed by atoms with E-state index in [0.29, 0.717) is 12.0 Å². The Kier molecular flexibility index (Phi) is 5.88. The Balaban J connectivity index is 1.83. The molecule has 3 heteroatoms. The van der Waals surface area contributed by atoms with Crippen LogP contribution in [0.2, 0.25) is 0 Å². The number of aliphatic hydroxyl groups excluding tert-OH is 1. The summed E-state index contributed by atoms with van der Waals surface area (Å²) in [4.78, 5) is 2.53. The van der Waals surface area contributed by atoms with Crippen LogP contribution in [-0.2, 0) is 4.74 Å². The van der Waals surface area contributed by atoms with Gasteiger partial charge in [-0.05, 0) is 50.0 Å². The summed E-state index contributed by atoms with van der Waals surface area (Å²) in [6.07, 6.45) is 7.42. The average molecular weight is 283 g/mol. The number of rotatable bonds is 5. The van der Waals surface area contributed by atoms with Crippen molar-refractivity contribution in [1.29, 1.82) is 0 Å². The van der Waals surface area contributed by atoms with Gasteiger partial charge in [0.25, 0.3) is 0 Å². The van der Waals surface area contributed by atoms with E-state index < -0.39 is 0 Å². The number of hydrogen-bond acceptors (Lipinski definition) is 3. The fourth-order valence-corrected chi connectivity index (χ4v) is 3.89. The van der Waals surface area contributed by atoms with Gasteiger partial charge in [-0.1, -0.05) is 27.2 Å². The SMILES string of the molecule is CCCOC1CCCN(CC2CCCC(C)(C)C2O)C1. The topological polar surface area (TPSA) is 32.7 Å². The summed E-state index contributed by atoms with van der Waals surface area (Å²) < 4.78 is 5.92. The highest BCUT2D eigenvalue weighted by atomic mass is 16.5. The molecule has 118 valence electrons. The molecule has 2 fully saturated rings. The average Bonchev–Trinajstić information content (AvgIpc) is 2.42. The molecule has 1 saturated carbocycles. The maximum Gasteiger partial charge on any atom is 0.0702 e. The van der Waals surface area contributed by atoms with Gasteiger partial charge in [0, 0.05) is 19.7 Å². The first-order valence-corrected chi connectivity index (χ1v) is 8.55. The zero-order chi connectivity index (χ0) is 14.6. The first kappa shape index (κ1) is 16.3. The van der Waals surface area contributed by atoms with Crippen molar-refractivity contribution in [3.05, 3.63) is 0 Å². The Morgan fingerprint density at radius 3 is 2.80 bits per heavy atom. The van der Waals surface area contributed by atoms with Crippen molar-refractivity contribution in [3.63, 3.8) is 0 Å². The number of hydrogen-bond donors (Lipinski definition) is 1. The molecule has 0 aromatic carbocycles. The number of piperidine rings is 1. The van der Waals surface area contributed by atoms with Crippen molar-refractivity contribution in [3.8, 4) is 0 Å². The summed E-state index contributed by atoms with van der Waals surface area (Å²) in [5.74, 6) is 0.448. The Bertz CT molecular complexity index is 293. The lowest BCUT2D eigenvalue weighted by atomic mass is 9.69. The van der Waals surface area contributed by atoms with Crippen LogP contribution in [-0.4, -0.2) is 48.5 Å². The molecule has 3 unspecified atom stereocenters. The largest absolute Gasteiger partial charge is 0.392 e. The fraction of sp³-hybridized carbons (Fsp3) is 1.00. The Morgan fingerprint density at radius 2 is 2.05 bits per heavy atom. The van der Waals surface area contributed by atoms with Crippen molar-refractivity contribution < 1.29 is 9.84 Å². The number of nitrogens with zero attached hydrogens (tertiary/aromatic N) is 1. The van der Waals surface area contributed by atoms with Crippen LogP contribution in [0.15, 0.2) is 0 Å². The van der Waals surface area contributed by atoms with Gasteiger partial charge in [0.05, 0.1) is 12.2 Å². The van der Waals surface area contributed by atoms with Crippen LogP contribution in [0, 0.1) is 11.3 Å². The van der Waals surface area contributed by atoms with Gasteiger partial charge in [0.1, 0.15) is 0 Å². The van der Waals surface area contributed by atoms with Crippen molar-refractivity contribution >= 4 is 0 Å². The first-order valence-electron chi connectivity index (χ1n) is 8.55. The van der Waals surface area contributed by atoms with E-state index in [0.717, 1.165) is 32.5 Å². The highest BCUT2D eigenvalue weighted by Gasteiger charge is 2.38. The molecule has 1 heterocycles. The van der Waals surface area contributed by atoms with Gasteiger partial charge in [-0.2, -0.15) is 0 Å². The van der Waals surface area contributed by atoms with Crippen molar-refractivity contribution in [1.82, 2.24) is 4.90 Å². The van der Waals surface area contributed by atoms with E-state index in [1.54, 1.807) is 0 Å². The summed E-state index contributed by atoms with van der Waals surface area (Å²) in [6, 6.07) is 0. The van der Waals surface area contributed by atoms with E-state index in [1.165, 1.54) is 32.2 Å². The minimum Gasteiger partial charge on any atom is -0.392 e. The van der Waals surface area contributed by atoms with E-state index in [4.69, 9.17) is 4.74 Å². The van der Waals surface area contributed by atoms with E-state index >= 15 is 0 Å². The van der Waals surface area contributed by atoms with Crippen molar-refractivity contribution in [2.45, 2.75) is 71.5 Å². The van der Waals surface area contributed by atoms with Crippen LogP contribution in [0.25, 0.3) is 0 Å². The maximum atomic E-state index is 10.6. The summed E-state index contributed by atoms with van der Waals surface area (Å²) in [7, 11) is 0. The molecule has 3 nitrogen and oxygen atoms in total. The number of ether oxygens (including phenoxy) is 1. The van der Waals surface area contributed by atoms with Crippen LogP contribution < -0.4 is 0 Å². The highest BCUT2D eigenvalue weighted by Crippen LogP contribution is 2.39. The minimum atomic E-state index is -0.145. The second-order valence-electron chi connectivity index (χ2n) is 7.48. The van der Waals surface area contributed by atoms with Gasteiger partial charge in [0.2, 0.25) is 0 Å². The second-order valence-corrected chi connectivity index (χ2v) is 7.48. The number of aliphatic hydroxyl groups is 1. The summed E-state index contributed by atoms with van der Waals surface area (Å²) >= 11 is 0. The quantitative estimate of drug-likeness (QED) is 0.841. The van der Waals surface area contributed by atoms with Crippen LogP contribution in [0.4, 0.5) is 0 Å². The maximum absolute atomic E-state index is 10.6. The van der Waals surface area contributed by atoms with E-state index in [1.807, 2.05) is 0 Å². The summed E-state index contributed by atoms with van der Waals surface area (Å²) in [5.41, 5.74) is 0.0941. The Hall–Kier alpha value is -0.120. The van der Waals surface area contributed by atoms with Crippen molar-refractivity contribution in [2.75, 3.05) is 26.2 Å². The first-order chi connectivity index (χ1) is 9.53. The van der Waals surface area contributed by atoms with Gasteiger partial charge >= 0.3 is 0 Å². The molecule has 1 saturated heterocycles. The predicted molar refractivity (Wildman–Crippen MR) is 82.8 cm³/mol. The molecule has 2 rings (SSSR count). The number of likely N-dealkylation sites (tertiary alicyclic amines) is 1. The van der Waals surface area contributed by atoms with Crippen LogP contribution in [0.1, 0.15) is 59.3 Å². The fourth-order valence-electron chi connectivity index (χ4n) is 3.89. The molecule has 3 atom stereocenters. The molecular formula is C17H33NO2. The van der Waals surface area contributed by atoms with E-state index in [-0.39, 0.29) is 11.5 Å². The third-order valence-electron chi connectivity index (χ3n) is 5.16. The molecule has 1 aliphatic carbocycles. The molecule has 0 amide bonds. The van der Waals surface area contributed by atoms with Gasteiger partial charge in [0.15, 0.2) is 0 Å². The molecule has 0 radical (unpaired) electrons. The molecule has 0 spiro atoms. The normalized spacial score (nSPS) is 35.1. The zero-order valence-electron chi connectivity index (χ0n) is 13.6. The van der Waals surface area contributed by atoms with Crippen LogP contribution >= 0.6 is 0 Å². The lowest BCUT2D eigenvalue weighted by Gasteiger charge is -2.43. The summed E-state index contributed by atoms with van der Waals surface area (Å²) in [6.45, 7) is 10.8. The minimum absolute atomic E-state index is 0.0941. The smallest absolute Gasteiger partial charge is 0.0702 e. The van der Waals surface area contributed by atoms with Crippen LogP contribution in [0.5, 0.6) is 0 Å². The van der Waals surface area contributed by atoms with Crippen LogP contribution in [0.3, 0.4) is 0 Å². The third kappa shape index (κ3) is 4.19. The summed E-state index contributed by atoms with van der Waals surface area (Å²) in [5, 5.41) is 10.6. The monoisotopic (exact) mass is 283 g/mol. The van der Waals surface area contributed by atoms with Gasteiger partial charge in [-0.15, -0.1) is 0 Å². The molecule has 0 bridgehead atoms. The molecule has 2 aliphatic rings. The lowest BCUT2D eigenvalue weighted by Crippen LogP contribution is -2.48. The van der Waals surface area contributed by atoms with Crippen molar-refractivity contribution in [2.24, 2.45) is 11.3 Å². The molecule has 0 aromatic rings. The Morgan fingerprint density at radius 1 is 1.25 bits per heavy atom.